The smallest absolute Gasteiger partial charge is 0.311 e. The van der Waals surface area contributed by atoms with E-state index in [-0.39, 0.29) is 18.3 Å². The summed E-state index contributed by atoms with van der Waals surface area (Å²) in [6.07, 6.45) is 0.395. The van der Waals surface area contributed by atoms with Crippen molar-refractivity contribution in [1.82, 2.24) is 0 Å². The van der Waals surface area contributed by atoms with Gasteiger partial charge in [0.25, 0.3) is 0 Å². The molecule has 19 heavy (non-hydrogen) atoms. The number of carbonyl (C=O) groups is 2. The second-order valence-corrected chi connectivity index (χ2v) is 5.47. The molecule has 0 spiro atoms. The molecule has 0 aromatic heterocycles. The molecule has 0 unspecified atom stereocenters. The number of carboxylic acid groups (broad SMARTS) is 1. The van der Waals surface area contributed by atoms with E-state index >= 15 is 0 Å². The van der Waals surface area contributed by atoms with Crippen molar-refractivity contribution in [1.29, 1.82) is 0 Å². The fourth-order valence-electron chi connectivity index (χ4n) is 1.73. The fourth-order valence-corrected chi connectivity index (χ4v) is 1.73. The average Bonchev–Trinajstić information content (AvgIpc) is 2.27. The monoisotopic (exact) mass is 264 g/mol. The highest BCUT2D eigenvalue weighted by Gasteiger charge is 2.19. The zero-order valence-corrected chi connectivity index (χ0v) is 11.6. The molecule has 4 heteroatoms. The van der Waals surface area contributed by atoms with Gasteiger partial charge in [0.1, 0.15) is 5.75 Å². The van der Waals surface area contributed by atoms with Crippen molar-refractivity contribution < 1.29 is 19.4 Å². The van der Waals surface area contributed by atoms with Gasteiger partial charge >= 0.3 is 11.9 Å². The summed E-state index contributed by atoms with van der Waals surface area (Å²) in [5, 5.41) is 8.51. The van der Waals surface area contributed by atoms with Gasteiger partial charge in [0.15, 0.2) is 0 Å². The molecule has 0 aliphatic rings. The van der Waals surface area contributed by atoms with Crippen LogP contribution in [0.1, 0.15) is 45.6 Å². The van der Waals surface area contributed by atoms with Crippen LogP contribution in [0, 0.1) is 0 Å². The minimum atomic E-state index is -0.900. The predicted molar refractivity (Wildman–Crippen MR) is 72.3 cm³/mol. The molecular weight excluding hydrogens is 244 g/mol. The van der Waals surface area contributed by atoms with Crippen LogP contribution in [0.25, 0.3) is 0 Å². The van der Waals surface area contributed by atoms with E-state index in [4.69, 9.17) is 9.84 Å². The fraction of sp³-hybridized carbons (Fsp3) is 0.467. The van der Waals surface area contributed by atoms with Crippen LogP contribution in [0.3, 0.4) is 0 Å². The highest BCUT2D eigenvalue weighted by Crippen LogP contribution is 2.31. The lowest BCUT2D eigenvalue weighted by Gasteiger charge is -2.21. The summed E-state index contributed by atoms with van der Waals surface area (Å²) >= 11 is 0. The maximum absolute atomic E-state index is 11.7. The maximum Gasteiger partial charge on any atom is 0.311 e. The van der Waals surface area contributed by atoms with Crippen LogP contribution in [0.4, 0.5) is 0 Å². The zero-order chi connectivity index (χ0) is 14.5. The van der Waals surface area contributed by atoms with Crippen molar-refractivity contribution in [3.63, 3.8) is 0 Å². The van der Waals surface area contributed by atoms with Crippen LogP contribution >= 0.6 is 0 Å². The van der Waals surface area contributed by atoms with Gasteiger partial charge in [0.2, 0.25) is 0 Å². The molecule has 1 aromatic carbocycles. The van der Waals surface area contributed by atoms with Crippen LogP contribution in [0.2, 0.25) is 0 Å². The molecule has 0 heterocycles. The van der Waals surface area contributed by atoms with Crippen molar-refractivity contribution in [2.24, 2.45) is 0 Å². The van der Waals surface area contributed by atoms with Crippen LogP contribution in [-0.4, -0.2) is 17.0 Å². The summed E-state index contributed by atoms with van der Waals surface area (Å²) in [5.74, 6) is -0.740. The third-order valence-corrected chi connectivity index (χ3v) is 2.69. The molecule has 104 valence electrons. The quantitative estimate of drug-likeness (QED) is 0.655. The molecule has 4 nitrogen and oxygen atoms in total. The summed E-state index contributed by atoms with van der Waals surface area (Å²) in [6, 6.07) is 7.41. The number of carbonyl (C=O) groups excluding carboxylic acids is 1. The molecule has 0 bridgehead atoms. The molecule has 0 saturated carbocycles. The zero-order valence-electron chi connectivity index (χ0n) is 11.6. The van der Waals surface area contributed by atoms with E-state index < -0.39 is 11.9 Å². The first kappa shape index (κ1) is 15.2. The normalized spacial score (nSPS) is 11.1. The van der Waals surface area contributed by atoms with E-state index in [1.807, 2.05) is 39.0 Å². The molecule has 1 rings (SSSR count). The van der Waals surface area contributed by atoms with Gasteiger partial charge in [0.05, 0.1) is 0 Å². The van der Waals surface area contributed by atoms with Crippen molar-refractivity contribution >= 4 is 11.9 Å². The van der Waals surface area contributed by atoms with Crippen molar-refractivity contribution in [2.45, 2.75) is 45.4 Å². The van der Waals surface area contributed by atoms with Gasteiger partial charge in [-0.1, -0.05) is 39.0 Å². The Morgan fingerprint density at radius 1 is 1.16 bits per heavy atom. The largest absolute Gasteiger partial charge is 0.481 e. The molecule has 0 atom stereocenters. The molecule has 0 radical (unpaired) electrons. The van der Waals surface area contributed by atoms with E-state index in [2.05, 4.69) is 0 Å². The Kier molecular flexibility index (Phi) is 5.10. The van der Waals surface area contributed by atoms with E-state index in [9.17, 15) is 9.59 Å². The number of aliphatic carboxylic acids is 1. The van der Waals surface area contributed by atoms with Crippen molar-refractivity contribution in [3.05, 3.63) is 29.8 Å². The van der Waals surface area contributed by atoms with Crippen LogP contribution in [-0.2, 0) is 15.0 Å². The SMILES string of the molecule is CC(C)(C)c1ccccc1OC(=O)CCCC(=O)O. The molecule has 1 aromatic rings. The van der Waals surface area contributed by atoms with Gasteiger partial charge in [-0.3, -0.25) is 9.59 Å². The van der Waals surface area contributed by atoms with Gasteiger partial charge < -0.3 is 9.84 Å². The van der Waals surface area contributed by atoms with Crippen molar-refractivity contribution in [2.75, 3.05) is 0 Å². The Balaban J connectivity index is 2.67. The van der Waals surface area contributed by atoms with E-state index in [0.29, 0.717) is 12.2 Å². The van der Waals surface area contributed by atoms with Gasteiger partial charge in [-0.05, 0) is 17.9 Å². The molecular formula is C15H20O4. The first-order valence-corrected chi connectivity index (χ1v) is 6.32. The molecule has 1 N–H and O–H groups in total. The summed E-state index contributed by atoms with van der Waals surface area (Å²) in [5.41, 5.74) is 0.847. The number of ether oxygens (including phenoxy) is 1. The Labute approximate surface area is 113 Å². The van der Waals surface area contributed by atoms with E-state index in [1.165, 1.54) is 0 Å². The first-order valence-electron chi connectivity index (χ1n) is 6.32. The molecule has 0 fully saturated rings. The van der Waals surface area contributed by atoms with Gasteiger partial charge in [-0.25, -0.2) is 0 Å². The Morgan fingerprint density at radius 2 is 1.79 bits per heavy atom. The minimum Gasteiger partial charge on any atom is -0.481 e. The van der Waals surface area contributed by atoms with E-state index in [0.717, 1.165) is 5.56 Å². The van der Waals surface area contributed by atoms with Crippen molar-refractivity contribution in [3.8, 4) is 5.75 Å². The lowest BCUT2D eigenvalue weighted by atomic mass is 9.86. The highest BCUT2D eigenvalue weighted by atomic mass is 16.5. The lowest BCUT2D eigenvalue weighted by molar-refractivity contribution is -0.137. The Hall–Kier alpha value is -1.84. The molecule has 0 amide bonds. The lowest BCUT2D eigenvalue weighted by Crippen LogP contribution is -2.16. The van der Waals surface area contributed by atoms with Crippen LogP contribution in [0.15, 0.2) is 24.3 Å². The number of carboxylic acids is 1. The standard InChI is InChI=1S/C15H20O4/c1-15(2,3)11-7-4-5-8-12(11)19-14(18)10-6-9-13(16)17/h4-5,7-8H,6,9-10H2,1-3H3,(H,16,17). The third kappa shape index (κ3) is 5.12. The first-order chi connectivity index (χ1) is 8.80. The maximum atomic E-state index is 11.7. The molecule has 0 saturated heterocycles. The number of benzene rings is 1. The Morgan fingerprint density at radius 3 is 2.37 bits per heavy atom. The topological polar surface area (TPSA) is 63.6 Å². The molecule has 0 aliphatic heterocycles. The summed E-state index contributed by atoms with van der Waals surface area (Å²) in [7, 11) is 0. The van der Waals surface area contributed by atoms with Gasteiger partial charge in [-0.15, -0.1) is 0 Å². The highest BCUT2D eigenvalue weighted by molar-refractivity contribution is 5.74. The minimum absolute atomic E-state index is 0.0178. The van der Waals surface area contributed by atoms with Crippen LogP contribution < -0.4 is 4.74 Å². The summed E-state index contributed by atoms with van der Waals surface area (Å²) < 4.78 is 5.32. The second-order valence-electron chi connectivity index (χ2n) is 5.47. The summed E-state index contributed by atoms with van der Waals surface area (Å²) in [4.78, 5) is 22.0. The Bertz CT molecular complexity index is 457. The number of para-hydroxylation sites is 1. The van der Waals surface area contributed by atoms with Gasteiger partial charge in [-0.2, -0.15) is 0 Å². The van der Waals surface area contributed by atoms with E-state index in [1.54, 1.807) is 6.07 Å². The number of hydrogen-bond donors (Lipinski definition) is 1. The van der Waals surface area contributed by atoms with Gasteiger partial charge in [0, 0.05) is 18.4 Å². The number of esters is 1. The average molecular weight is 264 g/mol. The molecule has 0 aliphatic carbocycles. The predicted octanol–water partition coefficient (Wildman–Crippen LogP) is 3.14. The third-order valence-electron chi connectivity index (χ3n) is 2.69. The number of hydrogen-bond acceptors (Lipinski definition) is 3. The second kappa shape index (κ2) is 6.36. The summed E-state index contributed by atoms with van der Waals surface area (Å²) in [6.45, 7) is 6.14. The van der Waals surface area contributed by atoms with Crippen LogP contribution in [0.5, 0.6) is 5.75 Å². The number of rotatable bonds is 5.